The quantitative estimate of drug-likeness (QED) is 0.747. The van der Waals surface area contributed by atoms with Crippen molar-refractivity contribution in [3.05, 3.63) is 43.7 Å². The van der Waals surface area contributed by atoms with Crippen LogP contribution < -0.4 is 5.32 Å². The van der Waals surface area contributed by atoms with E-state index in [0.29, 0.717) is 12.2 Å². The van der Waals surface area contributed by atoms with Gasteiger partial charge in [-0.15, -0.1) is 0 Å². The molecule has 0 radical (unpaired) electrons. The van der Waals surface area contributed by atoms with E-state index in [4.69, 9.17) is 0 Å². The molecule has 1 aromatic carbocycles. The van der Waals surface area contributed by atoms with Gasteiger partial charge >= 0.3 is 0 Å². The molecule has 2 rings (SSSR count). The summed E-state index contributed by atoms with van der Waals surface area (Å²) >= 11 is 5.60. The van der Waals surface area contributed by atoms with Gasteiger partial charge in [-0.25, -0.2) is 0 Å². The largest absolute Gasteiger partial charge is 0.320 e. The predicted molar refractivity (Wildman–Crippen MR) is 87.5 cm³/mol. The SMILES string of the molecule is CCn1nc(C)cc1C(=O)Nc1cc(Br)ccc1I. The average molecular weight is 434 g/mol. The fraction of sp³-hybridized carbons (Fsp3) is 0.231. The topological polar surface area (TPSA) is 46.9 Å². The summed E-state index contributed by atoms with van der Waals surface area (Å²) in [4.78, 5) is 12.3. The van der Waals surface area contributed by atoms with Gasteiger partial charge in [0, 0.05) is 14.6 Å². The molecule has 0 spiro atoms. The molecule has 0 saturated heterocycles. The van der Waals surface area contributed by atoms with Crippen LogP contribution >= 0.6 is 38.5 Å². The van der Waals surface area contributed by atoms with Crippen LogP contribution in [-0.2, 0) is 6.54 Å². The van der Waals surface area contributed by atoms with Crippen molar-refractivity contribution >= 4 is 50.1 Å². The zero-order valence-corrected chi connectivity index (χ0v) is 14.3. The van der Waals surface area contributed by atoms with Crippen LogP contribution in [0.1, 0.15) is 23.1 Å². The number of rotatable bonds is 3. The number of carbonyl (C=O) groups excluding carboxylic acids is 1. The van der Waals surface area contributed by atoms with Crippen molar-refractivity contribution in [2.24, 2.45) is 0 Å². The number of aryl methyl sites for hydroxylation is 2. The molecule has 1 amide bonds. The first kappa shape index (κ1) is 14.5. The van der Waals surface area contributed by atoms with Crippen molar-refractivity contribution in [3.63, 3.8) is 0 Å². The lowest BCUT2D eigenvalue weighted by atomic mass is 10.3. The number of hydrogen-bond donors (Lipinski definition) is 1. The van der Waals surface area contributed by atoms with Crippen molar-refractivity contribution in [2.45, 2.75) is 20.4 Å². The highest BCUT2D eigenvalue weighted by molar-refractivity contribution is 14.1. The van der Waals surface area contributed by atoms with E-state index in [2.05, 4.69) is 48.9 Å². The Morgan fingerprint density at radius 2 is 2.21 bits per heavy atom. The molecule has 0 aliphatic carbocycles. The maximum Gasteiger partial charge on any atom is 0.273 e. The Morgan fingerprint density at radius 1 is 1.47 bits per heavy atom. The van der Waals surface area contributed by atoms with E-state index in [0.717, 1.165) is 19.4 Å². The van der Waals surface area contributed by atoms with Crippen molar-refractivity contribution < 1.29 is 4.79 Å². The summed E-state index contributed by atoms with van der Waals surface area (Å²) in [6, 6.07) is 7.57. The van der Waals surface area contributed by atoms with Gasteiger partial charge in [0.1, 0.15) is 5.69 Å². The van der Waals surface area contributed by atoms with Gasteiger partial charge in [-0.1, -0.05) is 15.9 Å². The van der Waals surface area contributed by atoms with Crippen LogP contribution in [0.25, 0.3) is 0 Å². The molecule has 0 aliphatic heterocycles. The molecule has 0 unspecified atom stereocenters. The van der Waals surface area contributed by atoms with Crippen LogP contribution in [-0.4, -0.2) is 15.7 Å². The van der Waals surface area contributed by atoms with Gasteiger partial charge in [-0.3, -0.25) is 9.48 Å². The summed E-state index contributed by atoms with van der Waals surface area (Å²) in [6.45, 7) is 4.52. The number of anilines is 1. The minimum Gasteiger partial charge on any atom is -0.320 e. The molecule has 0 bridgehead atoms. The number of nitrogens with zero attached hydrogens (tertiary/aromatic N) is 2. The number of nitrogens with one attached hydrogen (secondary N) is 1. The first-order valence-corrected chi connectivity index (χ1v) is 7.69. The minimum atomic E-state index is -0.140. The Hall–Kier alpha value is -0.890. The third kappa shape index (κ3) is 3.36. The maximum atomic E-state index is 12.3. The van der Waals surface area contributed by atoms with Crippen LogP contribution in [0.3, 0.4) is 0 Å². The number of aromatic nitrogens is 2. The Morgan fingerprint density at radius 3 is 2.89 bits per heavy atom. The Bertz CT molecular complexity index is 624. The molecule has 0 fully saturated rings. The van der Waals surface area contributed by atoms with Gasteiger partial charge in [-0.05, 0) is 60.7 Å². The van der Waals surface area contributed by atoms with Crippen LogP contribution in [0, 0.1) is 10.5 Å². The van der Waals surface area contributed by atoms with Crippen molar-refractivity contribution in [2.75, 3.05) is 5.32 Å². The molecule has 6 heteroatoms. The highest BCUT2D eigenvalue weighted by Crippen LogP contribution is 2.23. The highest BCUT2D eigenvalue weighted by atomic mass is 127. The van der Waals surface area contributed by atoms with E-state index < -0.39 is 0 Å². The third-order valence-electron chi connectivity index (χ3n) is 2.61. The zero-order valence-electron chi connectivity index (χ0n) is 10.6. The second-order valence-electron chi connectivity index (χ2n) is 4.07. The summed E-state index contributed by atoms with van der Waals surface area (Å²) < 4.78 is 3.63. The molecular weight excluding hydrogens is 421 g/mol. The smallest absolute Gasteiger partial charge is 0.273 e. The summed E-state index contributed by atoms with van der Waals surface area (Å²) in [5.41, 5.74) is 2.22. The molecule has 4 nitrogen and oxygen atoms in total. The Balaban J connectivity index is 2.27. The lowest BCUT2D eigenvalue weighted by molar-refractivity contribution is 0.101. The summed E-state index contributed by atoms with van der Waals surface area (Å²) in [5, 5.41) is 7.19. The first-order valence-electron chi connectivity index (χ1n) is 5.82. The number of amides is 1. The summed E-state index contributed by atoms with van der Waals surface area (Å²) in [7, 11) is 0. The van der Waals surface area contributed by atoms with Crippen LogP contribution in [0.2, 0.25) is 0 Å². The van der Waals surface area contributed by atoms with Gasteiger partial charge in [-0.2, -0.15) is 5.10 Å². The predicted octanol–water partition coefficient (Wildman–Crippen LogP) is 3.83. The van der Waals surface area contributed by atoms with Crippen LogP contribution in [0.15, 0.2) is 28.7 Å². The molecule has 1 N–H and O–H groups in total. The van der Waals surface area contributed by atoms with Crippen LogP contribution in [0.5, 0.6) is 0 Å². The number of hydrogen-bond acceptors (Lipinski definition) is 2. The molecule has 0 atom stereocenters. The monoisotopic (exact) mass is 433 g/mol. The van der Waals surface area contributed by atoms with E-state index in [9.17, 15) is 4.79 Å². The average Bonchev–Trinajstić information content (AvgIpc) is 2.75. The molecule has 0 saturated carbocycles. The summed E-state index contributed by atoms with van der Waals surface area (Å²) in [6.07, 6.45) is 0. The minimum absolute atomic E-state index is 0.140. The van der Waals surface area contributed by atoms with E-state index in [-0.39, 0.29) is 5.91 Å². The standard InChI is InChI=1S/C13H13BrIN3O/c1-3-18-12(6-8(2)17-18)13(19)16-11-7-9(14)4-5-10(11)15/h4-7H,3H2,1-2H3,(H,16,19). The number of benzene rings is 1. The fourth-order valence-electron chi connectivity index (χ4n) is 1.75. The van der Waals surface area contributed by atoms with E-state index >= 15 is 0 Å². The van der Waals surface area contributed by atoms with Gasteiger partial charge in [0.15, 0.2) is 0 Å². The van der Waals surface area contributed by atoms with Crippen molar-refractivity contribution in [1.82, 2.24) is 9.78 Å². The molecule has 0 aliphatic rings. The fourth-order valence-corrected chi connectivity index (χ4v) is 2.58. The number of halogens is 2. The Labute approximate surface area is 133 Å². The number of carbonyl (C=O) groups is 1. The lowest BCUT2D eigenvalue weighted by Crippen LogP contribution is -2.17. The maximum absolute atomic E-state index is 12.3. The van der Waals surface area contributed by atoms with Crippen molar-refractivity contribution in [1.29, 1.82) is 0 Å². The van der Waals surface area contributed by atoms with Crippen LogP contribution in [0.4, 0.5) is 5.69 Å². The zero-order chi connectivity index (χ0) is 14.0. The molecular formula is C13H13BrIN3O. The van der Waals surface area contributed by atoms with Gasteiger partial charge in [0.2, 0.25) is 0 Å². The molecule has 19 heavy (non-hydrogen) atoms. The highest BCUT2D eigenvalue weighted by Gasteiger charge is 2.14. The molecule has 2 aromatic rings. The van der Waals surface area contributed by atoms with Gasteiger partial charge in [0.05, 0.1) is 11.4 Å². The van der Waals surface area contributed by atoms with E-state index in [1.54, 1.807) is 10.7 Å². The summed E-state index contributed by atoms with van der Waals surface area (Å²) in [5.74, 6) is -0.140. The lowest BCUT2D eigenvalue weighted by Gasteiger charge is -2.08. The second kappa shape index (κ2) is 6.04. The molecule has 1 aromatic heterocycles. The molecule has 1 heterocycles. The van der Waals surface area contributed by atoms with Crippen molar-refractivity contribution in [3.8, 4) is 0 Å². The van der Waals surface area contributed by atoms with E-state index in [1.807, 2.05) is 32.0 Å². The first-order chi connectivity index (χ1) is 9.01. The van der Waals surface area contributed by atoms with E-state index in [1.165, 1.54) is 0 Å². The molecule has 100 valence electrons. The van der Waals surface area contributed by atoms with Gasteiger partial charge < -0.3 is 5.32 Å². The normalized spacial score (nSPS) is 10.5. The van der Waals surface area contributed by atoms with Gasteiger partial charge in [0.25, 0.3) is 5.91 Å². The second-order valence-corrected chi connectivity index (χ2v) is 6.14. The Kier molecular flexibility index (Phi) is 4.62. The third-order valence-corrected chi connectivity index (χ3v) is 4.04.